The lowest BCUT2D eigenvalue weighted by Crippen LogP contribution is -2.18. The fraction of sp³-hybridized carbons (Fsp3) is 0.125. The molecule has 0 saturated heterocycles. The molecule has 5 rings (SSSR count). The van der Waals surface area contributed by atoms with E-state index >= 15 is 0 Å². The summed E-state index contributed by atoms with van der Waals surface area (Å²) in [6.45, 7) is 0.0242. The molecule has 1 aromatic heterocycles. The summed E-state index contributed by atoms with van der Waals surface area (Å²) >= 11 is 0. The third-order valence-corrected chi connectivity index (χ3v) is 7.05. The van der Waals surface area contributed by atoms with Crippen molar-refractivity contribution in [1.29, 1.82) is 0 Å². The van der Waals surface area contributed by atoms with E-state index < -0.39 is 21.4 Å². The zero-order chi connectivity index (χ0) is 23.0. The van der Waals surface area contributed by atoms with Crippen LogP contribution >= 0.6 is 0 Å². The maximum absolute atomic E-state index is 14.1. The first-order chi connectivity index (χ1) is 15.9. The van der Waals surface area contributed by atoms with Crippen molar-refractivity contribution in [2.75, 3.05) is 12.1 Å². The molecule has 4 aromatic rings. The average Bonchev–Trinajstić information content (AvgIpc) is 3.40. The Kier molecular flexibility index (Phi) is 5.26. The normalized spacial score (nSPS) is 12.8. The number of hydrogen-bond acceptors (Lipinski definition) is 5. The van der Waals surface area contributed by atoms with Gasteiger partial charge in [0.15, 0.2) is 21.3 Å². The van der Waals surface area contributed by atoms with E-state index in [1.807, 2.05) is 0 Å². The Morgan fingerprint density at radius 3 is 2.61 bits per heavy atom. The summed E-state index contributed by atoms with van der Waals surface area (Å²) in [5, 5.41) is 3.26. The number of carbonyl (C=O) groups is 1. The van der Waals surface area contributed by atoms with Gasteiger partial charge in [-0.3, -0.25) is 4.79 Å². The van der Waals surface area contributed by atoms with Crippen LogP contribution in [0.3, 0.4) is 0 Å². The van der Waals surface area contributed by atoms with Crippen LogP contribution in [-0.4, -0.2) is 25.7 Å². The van der Waals surface area contributed by atoms with Gasteiger partial charge in [-0.15, -0.1) is 0 Å². The number of halogens is 1. The molecule has 168 valence electrons. The van der Waals surface area contributed by atoms with Crippen LogP contribution in [0, 0.1) is 5.82 Å². The van der Waals surface area contributed by atoms with Crippen LogP contribution in [0.1, 0.15) is 5.56 Å². The highest BCUT2D eigenvalue weighted by atomic mass is 32.2. The molecule has 0 atom stereocenters. The molecular weight excluding hydrogens is 447 g/mol. The summed E-state index contributed by atoms with van der Waals surface area (Å²) in [6, 6.07) is 17.8. The van der Waals surface area contributed by atoms with Gasteiger partial charge in [-0.05, 0) is 24.3 Å². The van der Waals surface area contributed by atoms with Crippen LogP contribution in [-0.2, 0) is 26.9 Å². The topological polar surface area (TPSA) is 86.6 Å². The predicted molar refractivity (Wildman–Crippen MR) is 120 cm³/mol. The molecule has 1 aliphatic heterocycles. The second-order valence-corrected chi connectivity index (χ2v) is 9.56. The Labute approximate surface area is 189 Å². The Hall–Kier alpha value is -3.85. The van der Waals surface area contributed by atoms with Crippen molar-refractivity contribution >= 4 is 32.3 Å². The van der Waals surface area contributed by atoms with Crippen molar-refractivity contribution in [3.63, 3.8) is 0 Å². The molecule has 33 heavy (non-hydrogen) atoms. The number of fused-ring (bicyclic) bond motifs is 2. The van der Waals surface area contributed by atoms with Crippen LogP contribution in [0.5, 0.6) is 11.5 Å². The molecule has 7 nitrogen and oxygen atoms in total. The number of para-hydroxylation sites is 1. The number of hydrogen-bond donors (Lipinski definition) is 1. The molecule has 2 heterocycles. The number of rotatable bonds is 6. The monoisotopic (exact) mass is 466 g/mol. The number of nitrogens with one attached hydrogen (secondary N) is 1. The van der Waals surface area contributed by atoms with Crippen LogP contribution in [0.4, 0.5) is 10.1 Å². The van der Waals surface area contributed by atoms with Crippen molar-refractivity contribution in [2.45, 2.75) is 17.2 Å². The fourth-order valence-electron chi connectivity index (χ4n) is 3.82. The second-order valence-electron chi connectivity index (χ2n) is 7.61. The average molecular weight is 466 g/mol. The fourth-order valence-corrected chi connectivity index (χ4v) is 5.41. The summed E-state index contributed by atoms with van der Waals surface area (Å²) in [5.41, 5.74) is 1.22. The molecular formula is C24H19FN2O5S. The van der Waals surface area contributed by atoms with Gasteiger partial charge in [0.2, 0.25) is 12.7 Å². The molecule has 0 unspecified atom stereocenters. The molecule has 0 bridgehead atoms. The van der Waals surface area contributed by atoms with E-state index in [2.05, 4.69) is 5.32 Å². The molecule has 9 heteroatoms. The third kappa shape index (κ3) is 4.14. The summed E-state index contributed by atoms with van der Waals surface area (Å²) < 4.78 is 52.6. The highest BCUT2D eigenvalue weighted by Gasteiger charge is 2.23. The first kappa shape index (κ1) is 21.0. The lowest BCUT2D eigenvalue weighted by atomic mass is 10.2. The molecule has 0 radical (unpaired) electrons. The number of carbonyl (C=O) groups excluding carboxylic acids is 1. The highest BCUT2D eigenvalue weighted by molar-refractivity contribution is 7.90. The van der Waals surface area contributed by atoms with Crippen LogP contribution in [0.15, 0.2) is 77.8 Å². The van der Waals surface area contributed by atoms with Gasteiger partial charge < -0.3 is 19.4 Å². The molecule has 0 spiro atoms. The Morgan fingerprint density at radius 2 is 1.76 bits per heavy atom. The summed E-state index contributed by atoms with van der Waals surface area (Å²) in [7, 11) is -3.87. The summed E-state index contributed by atoms with van der Waals surface area (Å²) in [6.07, 6.45) is 1.43. The summed E-state index contributed by atoms with van der Waals surface area (Å²) in [4.78, 5) is 12.8. The molecule has 3 aromatic carbocycles. The maximum Gasteiger partial charge on any atom is 0.244 e. The minimum Gasteiger partial charge on any atom is -0.454 e. The molecule has 0 fully saturated rings. The maximum atomic E-state index is 14.1. The minimum absolute atomic E-state index is 0.0530. The number of anilines is 1. The smallest absolute Gasteiger partial charge is 0.244 e. The lowest BCUT2D eigenvalue weighted by Gasteiger charge is -2.08. The van der Waals surface area contributed by atoms with Crippen LogP contribution in [0.2, 0.25) is 0 Å². The van der Waals surface area contributed by atoms with Gasteiger partial charge in [-0.25, -0.2) is 12.8 Å². The van der Waals surface area contributed by atoms with Crippen LogP contribution < -0.4 is 14.8 Å². The standard InChI is InChI=1S/C24H19FN2O5S/c25-19-7-3-1-5-16(19)14-33(29,30)23-12-27(20-8-4-2-6-18(20)23)13-24(28)26-17-9-10-21-22(11-17)32-15-31-21/h1-12H,13-15H2,(H,26,28). The van der Waals surface area contributed by atoms with E-state index in [4.69, 9.17) is 9.47 Å². The van der Waals surface area contributed by atoms with Gasteiger partial charge in [-0.1, -0.05) is 36.4 Å². The Bertz CT molecular complexity index is 1480. The van der Waals surface area contributed by atoms with Crippen molar-refractivity contribution in [3.8, 4) is 11.5 Å². The second kappa shape index (κ2) is 8.25. The van der Waals surface area contributed by atoms with E-state index in [0.29, 0.717) is 28.1 Å². The van der Waals surface area contributed by atoms with Crippen molar-refractivity contribution in [2.24, 2.45) is 0 Å². The zero-order valence-corrected chi connectivity index (χ0v) is 18.1. The van der Waals surface area contributed by atoms with Gasteiger partial charge >= 0.3 is 0 Å². The molecule has 1 aliphatic rings. The van der Waals surface area contributed by atoms with E-state index in [1.165, 1.54) is 24.4 Å². The number of amides is 1. The van der Waals surface area contributed by atoms with E-state index in [9.17, 15) is 17.6 Å². The van der Waals surface area contributed by atoms with E-state index in [1.54, 1.807) is 53.1 Å². The van der Waals surface area contributed by atoms with Gasteiger partial charge in [0, 0.05) is 34.4 Å². The third-order valence-electron chi connectivity index (χ3n) is 5.36. The van der Waals surface area contributed by atoms with Gasteiger partial charge in [0.25, 0.3) is 0 Å². The first-order valence-electron chi connectivity index (χ1n) is 10.1. The predicted octanol–water partition coefficient (Wildman–Crippen LogP) is 4.12. The first-order valence-corrected chi connectivity index (χ1v) is 11.8. The molecule has 1 N–H and O–H groups in total. The van der Waals surface area contributed by atoms with E-state index in [-0.39, 0.29) is 29.7 Å². The van der Waals surface area contributed by atoms with Crippen molar-refractivity contribution < 1.29 is 27.1 Å². The number of aromatic nitrogens is 1. The van der Waals surface area contributed by atoms with Gasteiger partial charge in [-0.2, -0.15) is 0 Å². The number of sulfone groups is 1. The molecule has 0 aliphatic carbocycles. The van der Waals surface area contributed by atoms with Crippen molar-refractivity contribution in [1.82, 2.24) is 4.57 Å². The number of nitrogens with zero attached hydrogens (tertiary/aromatic N) is 1. The van der Waals surface area contributed by atoms with Gasteiger partial charge in [0.1, 0.15) is 12.4 Å². The Balaban J connectivity index is 1.42. The summed E-state index contributed by atoms with van der Waals surface area (Å²) in [5.74, 6) is -0.243. The number of ether oxygens (including phenoxy) is 2. The molecule has 1 amide bonds. The number of benzene rings is 3. The zero-order valence-electron chi connectivity index (χ0n) is 17.3. The largest absolute Gasteiger partial charge is 0.454 e. The lowest BCUT2D eigenvalue weighted by molar-refractivity contribution is -0.116. The van der Waals surface area contributed by atoms with Crippen molar-refractivity contribution in [3.05, 3.63) is 84.3 Å². The van der Waals surface area contributed by atoms with Crippen LogP contribution in [0.25, 0.3) is 10.9 Å². The minimum atomic E-state index is -3.87. The SMILES string of the molecule is O=C(Cn1cc(S(=O)(=O)Cc2ccccc2F)c2ccccc21)Nc1ccc2c(c1)OCO2. The van der Waals surface area contributed by atoms with E-state index in [0.717, 1.165) is 0 Å². The highest BCUT2D eigenvalue weighted by Crippen LogP contribution is 2.34. The van der Waals surface area contributed by atoms with Gasteiger partial charge in [0.05, 0.1) is 10.6 Å². The molecule has 0 saturated carbocycles. The quantitative estimate of drug-likeness (QED) is 0.462. The Morgan fingerprint density at radius 1 is 1.00 bits per heavy atom.